The zero-order chi connectivity index (χ0) is 19.3. The first-order chi connectivity index (χ1) is 12.3. The van der Waals surface area contributed by atoms with Crippen LogP contribution in [0, 0.1) is 0 Å². The lowest BCUT2D eigenvalue weighted by Gasteiger charge is -2.13. The number of benzene rings is 1. The molecule has 0 saturated carbocycles. The van der Waals surface area contributed by atoms with E-state index in [0.29, 0.717) is 11.0 Å². The molecular weight excluding hydrogens is 354 g/mol. The predicted molar refractivity (Wildman–Crippen MR) is 100 cm³/mol. The molecule has 2 aromatic rings. The second kappa shape index (κ2) is 8.70. The molecule has 9 heteroatoms. The summed E-state index contributed by atoms with van der Waals surface area (Å²) in [5, 5.41) is 13.4. The van der Waals surface area contributed by atoms with Gasteiger partial charge in [0.15, 0.2) is 11.0 Å². The van der Waals surface area contributed by atoms with Crippen molar-refractivity contribution < 1.29 is 14.3 Å². The number of aromatic nitrogens is 3. The van der Waals surface area contributed by atoms with E-state index in [1.165, 1.54) is 11.8 Å². The van der Waals surface area contributed by atoms with Gasteiger partial charge in [0.1, 0.15) is 5.75 Å². The van der Waals surface area contributed by atoms with Crippen LogP contribution in [0.25, 0.3) is 11.4 Å². The van der Waals surface area contributed by atoms with E-state index in [2.05, 4.69) is 20.8 Å². The number of urea groups is 1. The van der Waals surface area contributed by atoms with E-state index >= 15 is 0 Å². The van der Waals surface area contributed by atoms with E-state index in [4.69, 9.17) is 4.74 Å². The molecule has 0 saturated heterocycles. The second-order valence-corrected chi connectivity index (χ2v) is 7.28. The van der Waals surface area contributed by atoms with Crippen LogP contribution in [0.2, 0.25) is 0 Å². The van der Waals surface area contributed by atoms with Crippen LogP contribution in [0.3, 0.4) is 0 Å². The number of nitrogens with zero attached hydrogens (tertiary/aromatic N) is 3. The van der Waals surface area contributed by atoms with Crippen LogP contribution < -0.4 is 15.4 Å². The van der Waals surface area contributed by atoms with Crippen molar-refractivity contribution in [3.8, 4) is 17.1 Å². The highest BCUT2D eigenvalue weighted by Gasteiger charge is 2.21. The van der Waals surface area contributed by atoms with Gasteiger partial charge in [-0.1, -0.05) is 11.8 Å². The lowest BCUT2D eigenvalue weighted by molar-refractivity contribution is -0.119. The third kappa shape index (κ3) is 4.98. The lowest BCUT2D eigenvalue weighted by Crippen LogP contribution is -2.45. The molecule has 2 N–H and O–H groups in total. The van der Waals surface area contributed by atoms with Gasteiger partial charge in [-0.2, -0.15) is 0 Å². The number of imide groups is 1. The summed E-state index contributed by atoms with van der Waals surface area (Å²) in [5.41, 5.74) is 0.890. The summed E-state index contributed by atoms with van der Waals surface area (Å²) < 4.78 is 6.96. The van der Waals surface area contributed by atoms with Gasteiger partial charge in [-0.15, -0.1) is 10.2 Å². The Labute approximate surface area is 156 Å². The number of hydrogen-bond acceptors (Lipinski definition) is 6. The van der Waals surface area contributed by atoms with Crippen LogP contribution in [-0.2, 0) is 11.8 Å². The van der Waals surface area contributed by atoms with Gasteiger partial charge in [-0.25, -0.2) is 4.79 Å². The molecule has 1 atom stereocenters. The number of carbonyl (C=O) groups excluding carboxylic acids is 2. The summed E-state index contributed by atoms with van der Waals surface area (Å²) in [7, 11) is 3.44. The van der Waals surface area contributed by atoms with Crippen molar-refractivity contribution in [1.82, 2.24) is 25.4 Å². The summed E-state index contributed by atoms with van der Waals surface area (Å²) in [6, 6.07) is 6.93. The molecule has 3 amide bonds. The third-order valence-electron chi connectivity index (χ3n) is 3.49. The Morgan fingerprint density at radius 2 is 1.81 bits per heavy atom. The number of methoxy groups -OCH3 is 1. The Bertz CT molecular complexity index is 773. The highest BCUT2D eigenvalue weighted by molar-refractivity contribution is 8.00. The minimum atomic E-state index is -0.505. The second-order valence-electron chi connectivity index (χ2n) is 5.97. The molecular formula is C17H23N5O3S. The molecule has 0 bridgehead atoms. The van der Waals surface area contributed by atoms with E-state index in [9.17, 15) is 9.59 Å². The van der Waals surface area contributed by atoms with Crippen LogP contribution in [0.1, 0.15) is 20.8 Å². The van der Waals surface area contributed by atoms with E-state index < -0.39 is 11.3 Å². The lowest BCUT2D eigenvalue weighted by atomic mass is 10.2. The van der Waals surface area contributed by atoms with E-state index in [1.54, 1.807) is 14.0 Å². The molecule has 0 aliphatic rings. The number of thioether (sulfide) groups is 1. The topological polar surface area (TPSA) is 98.1 Å². The van der Waals surface area contributed by atoms with Crippen LogP contribution in [0.4, 0.5) is 4.79 Å². The molecule has 0 aliphatic heterocycles. The number of nitrogens with one attached hydrogen (secondary N) is 2. The highest BCUT2D eigenvalue weighted by Crippen LogP contribution is 2.26. The van der Waals surface area contributed by atoms with Crippen molar-refractivity contribution in [2.75, 3.05) is 7.11 Å². The maximum absolute atomic E-state index is 12.1. The fraction of sp³-hybridized carbons (Fsp3) is 0.412. The molecule has 26 heavy (non-hydrogen) atoms. The van der Waals surface area contributed by atoms with E-state index in [-0.39, 0.29) is 11.9 Å². The summed E-state index contributed by atoms with van der Waals surface area (Å²) >= 11 is 1.23. The largest absolute Gasteiger partial charge is 0.497 e. The van der Waals surface area contributed by atoms with Gasteiger partial charge >= 0.3 is 6.03 Å². The van der Waals surface area contributed by atoms with Crippen molar-refractivity contribution in [2.24, 2.45) is 7.05 Å². The molecule has 0 spiro atoms. The molecule has 0 unspecified atom stereocenters. The smallest absolute Gasteiger partial charge is 0.321 e. The normalized spacial score (nSPS) is 11.9. The number of rotatable bonds is 6. The van der Waals surface area contributed by atoms with Crippen molar-refractivity contribution in [3.05, 3.63) is 24.3 Å². The average Bonchev–Trinajstić information content (AvgIpc) is 2.94. The zero-order valence-corrected chi connectivity index (χ0v) is 16.3. The average molecular weight is 377 g/mol. The molecule has 1 aromatic carbocycles. The van der Waals surface area contributed by atoms with Gasteiger partial charge in [0.25, 0.3) is 0 Å². The highest BCUT2D eigenvalue weighted by atomic mass is 32.2. The fourth-order valence-electron chi connectivity index (χ4n) is 2.13. The monoisotopic (exact) mass is 377 g/mol. The Morgan fingerprint density at radius 1 is 1.15 bits per heavy atom. The number of amides is 3. The molecule has 0 fully saturated rings. The number of carbonyl (C=O) groups is 2. The first-order valence-corrected chi connectivity index (χ1v) is 9.01. The van der Waals surface area contributed by atoms with Gasteiger partial charge in [-0.05, 0) is 45.0 Å². The van der Waals surface area contributed by atoms with Crippen molar-refractivity contribution >= 4 is 23.7 Å². The maximum atomic E-state index is 12.1. The molecule has 0 aliphatic carbocycles. The third-order valence-corrected chi connectivity index (χ3v) is 4.62. The van der Waals surface area contributed by atoms with Crippen LogP contribution in [-0.4, -0.2) is 45.1 Å². The summed E-state index contributed by atoms with van der Waals surface area (Å²) in [4.78, 5) is 23.8. The van der Waals surface area contributed by atoms with E-state index in [1.807, 2.05) is 49.7 Å². The Balaban J connectivity index is 2.04. The molecule has 1 aromatic heterocycles. The molecule has 8 nitrogen and oxygen atoms in total. The molecule has 1 heterocycles. The first kappa shape index (κ1) is 19.8. The Morgan fingerprint density at radius 3 is 2.38 bits per heavy atom. The minimum Gasteiger partial charge on any atom is -0.497 e. The standard InChI is InChI=1S/C17H23N5O3S/c1-10(2)18-16(24)19-15(23)11(3)26-17-21-20-14(22(17)4)12-6-8-13(25-5)9-7-12/h6-11H,1-5H3,(H2,18,19,23,24)/t11-/m1/s1. The van der Waals surface area contributed by atoms with Crippen molar-refractivity contribution in [2.45, 2.75) is 37.2 Å². The molecule has 140 valence electrons. The summed E-state index contributed by atoms with van der Waals surface area (Å²) in [6.45, 7) is 5.36. The summed E-state index contributed by atoms with van der Waals surface area (Å²) in [6.07, 6.45) is 0. The van der Waals surface area contributed by atoms with Crippen LogP contribution in [0.15, 0.2) is 29.4 Å². The van der Waals surface area contributed by atoms with Crippen molar-refractivity contribution in [1.29, 1.82) is 0 Å². The summed E-state index contributed by atoms with van der Waals surface area (Å²) in [5.74, 6) is 1.05. The quantitative estimate of drug-likeness (QED) is 0.749. The Hall–Kier alpha value is -2.55. The van der Waals surface area contributed by atoms with Crippen molar-refractivity contribution in [3.63, 3.8) is 0 Å². The van der Waals surface area contributed by atoms with Gasteiger partial charge in [0.2, 0.25) is 5.91 Å². The zero-order valence-electron chi connectivity index (χ0n) is 15.4. The predicted octanol–water partition coefficient (Wildman–Crippen LogP) is 2.21. The molecule has 0 radical (unpaired) electrons. The van der Waals surface area contributed by atoms with Gasteiger partial charge in [0.05, 0.1) is 12.4 Å². The number of ether oxygens (including phenoxy) is 1. The van der Waals surface area contributed by atoms with Gasteiger partial charge in [0, 0.05) is 18.7 Å². The SMILES string of the molecule is COc1ccc(-c2nnc(S[C@H](C)C(=O)NC(=O)NC(C)C)n2C)cc1. The van der Waals surface area contributed by atoms with Crippen LogP contribution >= 0.6 is 11.8 Å². The first-order valence-electron chi connectivity index (χ1n) is 8.13. The van der Waals surface area contributed by atoms with Gasteiger partial charge < -0.3 is 14.6 Å². The minimum absolute atomic E-state index is 0.0449. The fourth-order valence-corrected chi connectivity index (χ4v) is 2.95. The van der Waals surface area contributed by atoms with Crippen LogP contribution in [0.5, 0.6) is 5.75 Å². The van der Waals surface area contributed by atoms with Gasteiger partial charge in [-0.3, -0.25) is 10.1 Å². The number of hydrogen-bond donors (Lipinski definition) is 2. The maximum Gasteiger partial charge on any atom is 0.321 e. The Kier molecular flexibility index (Phi) is 6.62. The molecule has 2 rings (SSSR count). The van der Waals surface area contributed by atoms with E-state index in [0.717, 1.165) is 11.3 Å².